The molecule has 46 heavy (non-hydrogen) atoms. The molecule has 1 N–H and O–H groups in total. The highest BCUT2D eigenvalue weighted by molar-refractivity contribution is 7.94. The Morgan fingerprint density at radius 1 is 1.07 bits per heavy atom. The number of aryl methyl sites for hydroxylation is 1. The molecule has 5 rings (SSSR count). The van der Waals surface area contributed by atoms with Gasteiger partial charge in [-0.1, -0.05) is 62.4 Å². The van der Waals surface area contributed by atoms with E-state index in [9.17, 15) is 13.2 Å². The van der Waals surface area contributed by atoms with Crippen LogP contribution in [0.15, 0.2) is 88.5 Å². The molecule has 1 aromatic heterocycles. The van der Waals surface area contributed by atoms with Crippen LogP contribution in [0.25, 0.3) is 0 Å². The van der Waals surface area contributed by atoms with Crippen LogP contribution in [0.5, 0.6) is 11.5 Å². The van der Waals surface area contributed by atoms with Gasteiger partial charge in [0.15, 0.2) is 0 Å². The van der Waals surface area contributed by atoms with Crippen molar-refractivity contribution < 1.29 is 22.7 Å². The molecule has 8 nitrogen and oxygen atoms in total. The van der Waals surface area contributed by atoms with Crippen molar-refractivity contribution in [3.05, 3.63) is 106 Å². The van der Waals surface area contributed by atoms with Crippen LogP contribution in [0.2, 0.25) is 0 Å². The summed E-state index contributed by atoms with van der Waals surface area (Å²) in [6, 6.07) is 23.1. The number of carbonyl (C=O) groups is 1. The second-order valence-electron chi connectivity index (χ2n) is 12.3. The average Bonchev–Trinajstić information content (AvgIpc) is 3.57. The number of rotatable bonds is 13. The van der Waals surface area contributed by atoms with E-state index in [1.807, 2.05) is 55.5 Å². The van der Waals surface area contributed by atoms with Crippen molar-refractivity contribution in [2.75, 3.05) is 31.6 Å². The zero-order chi connectivity index (χ0) is 32.8. The second-order valence-corrected chi connectivity index (χ2v) is 15.3. The Bertz CT molecular complexity index is 1730. The van der Waals surface area contributed by atoms with Gasteiger partial charge < -0.3 is 19.7 Å². The molecule has 1 amide bonds. The summed E-state index contributed by atoms with van der Waals surface area (Å²) in [4.78, 5) is 16.2. The normalized spacial score (nSPS) is 15.2. The van der Waals surface area contributed by atoms with Gasteiger partial charge in [0.1, 0.15) is 15.7 Å². The number of amides is 1. The molecular weight excluding hydrogens is 619 g/mol. The van der Waals surface area contributed by atoms with Crippen LogP contribution < -0.4 is 19.1 Å². The van der Waals surface area contributed by atoms with Gasteiger partial charge in [0.25, 0.3) is 10.0 Å². The zero-order valence-corrected chi connectivity index (χ0v) is 28.7. The third kappa shape index (κ3) is 7.92. The summed E-state index contributed by atoms with van der Waals surface area (Å²) in [6.07, 6.45) is 0.531. The number of nitrogens with one attached hydrogen (secondary N) is 1. The van der Waals surface area contributed by atoms with E-state index >= 15 is 0 Å². The lowest BCUT2D eigenvalue weighted by molar-refractivity contribution is -0.122. The molecule has 2 atom stereocenters. The Hall–Kier alpha value is -3.86. The number of ether oxygens (including phenoxy) is 2. The highest BCUT2D eigenvalue weighted by Crippen LogP contribution is 2.39. The van der Waals surface area contributed by atoms with Crippen LogP contribution in [0.4, 0.5) is 5.69 Å². The van der Waals surface area contributed by atoms with Gasteiger partial charge in [-0.2, -0.15) is 0 Å². The highest BCUT2D eigenvalue weighted by Gasteiger charge is 2.36. The number of carbonyl (C=O) groups excluding carboxylic acids is 1. The van der Waals surface area contributed by atoms with Crippen molar-refractivity contribution in [1.82, 2.24) is 10.2 Å². The summed E-state index contributed by atoms with van der Waals surface area (Å²) in [7, 11) is -0.392. The molecule has 244 valence electrons. The van der Waals surface area contributed by atoms with Crippen molar-refractivity contribution in [1.29, 1.82) is 0 Å². The van der Waals surface area contributed by atoms with E-state index in [0.717, 1.165) is 46.9 Å². The zero-order valence-electron chi connectivity index (χ0n) is 27.1. The van der Waals surface area contributed by atoms with E-state index in [-0.39, 0.29) is 22.6 Å². The fourth-order valence-electron chi connectivity index (χ4n) is 6.09. The van der Waals surface area contributed by atoms with Crippen molar-refractivity contribution in [3.63, 3.8) is 0 Å². The number of thiophene rings is 1. The molecule has 0 radical (unpaired) electrons. The van der Waals surface area contributed by atoms with Gasteiger partial charge in [0.2, 0.25) is 5.91 Å². The van der Waals surface area contributed by atoms with Gasteiger partial charge in [-0.05, 0) is 66.2 Å². The molecule has 0 aliphatic carbocycles. The number of fused-ring (bicyclic) bond motifs is 1. The predicted octanol–water partition coefficient (Wildman–Crippen LogP) is 7.12. The first-order chi connectivity index (χ1) is 22.0. The monoisotopic (exact) mass is 661 g/mol. The fraction of sp³-hybridized carbons (Fsp3) is 0.361. The minimum Gasteiger partial charge on any atom is -0.497 e. The van der Waals surface area contributed by atoms with E-state index < -0.39 is 16.1 Å². The molecule has 1 aliphatic rings. The third-order valence-corrected chi connectivity index (χ3v) is 11.2. The molecule has 2 unspecified atom stereocenters. The Morgan fingerprint density at radius 3 is 2.54 bits per heavy atom. The molecule has 0 saturated heterocycles. The first kappa shape index (κ1) is 33.5. The lowest BCUT2D eigenvalue weighted by atomic mass is 9.97. The smallest absolute Gasteiger partial charge is 0.274 e. The molecule has 1 aliphatic heterocycles. The second kappa shape index (κ2) is 14.7. The molecule has 0 saturated carbocycles. The number of hydrogen-bond donors (Lipinski definition) is 1. The Morgan fingerprint density at radius 2 is 1.85 bits per heavy atom. The van der Waals surface area contributed by atoms with E-state index in [1.54, 1.807) is 30.7 Å². The van der Waals surface area contributed by atoms with Crippen molar-refractivity contribution in [2.45, 2.75) is 56.5 Å². The van der Waals surface area contributed by atoms with Gasteiger partial charge in [-0.15, -0.1) is 11.3 Å². The Balaban J connectivity index is 1.46. The van der Waals surface area contributed by atoms with Gasteiger partial charge in [0, 0.05) is 31.1 Å². The van der Waals surface area contributed by atoms with Gasteiger partial charge in [0.05, 0.1) is 37.9 Å². The highest BCUT2D eigenvalue weighted by atomic mass is 32.2. The van der Waals surface area contributed by atoms with Crippen LogP contribution in [0, 0.1) is 12.8 Å². The maximum atomic E-state index is 14.4. The van der Waals surface area contributed by atoms with Gasteiger partial charge in [-0.3, -0.25) is 9.10 Å². The largest absolute Gasteiger partial charge is 0.497 e. The minimum absolute atomic E-state index is 0.0877. The van der Waals surface area contributed by atoms with Crippen LogP contribution >= 0.6 is 11.3 Å². The molecular formula is C36H43N3O5S2. The van der Waals surface area contributed by atoms with Crippen LogP contribution in [-0.2, 0) is 21.4 Å². The van der Waals surface area contributed by atoms with Crippen LogP contribution in [0.1, 0.15) is 61.0 Å². The van der Waals surface area contributed by atoms with E-state index in [1.165, 1.54) is 4.31 Å². The first-order valence-corrected chi connectivity index (χ1v) is 17.9. The number of sulfonamides is 1. The summed E-state index contributed by atoms with van der Waals surface area (Å²) < 4.78 is 41.9. The maximum absolute atomic E-state index is 14.4. The third-order valence-electron chi connectivity index (χ3n) is 7.96. The van der Waals surface area contributed by atoms with Crippen molar-refractivity contribution in [2.24, 2.45) is 5.92 Å². The number of hydrogen-bond acceptors (Lipinski definition) is 7. The summed E-state index contributed by atoms with van der Waals surface area (Å²) in [6.45, 7) is 8.58. The maximum Gasteiger partial charge on any atom is 0.274 e. The van der Waals surface area contributed by atoms with Crippen molar-refractivity contribution >= 4 is 33.0 Å². The average molecular weight is 662 g/mol. The molecule has 0 fully saturated rings. The lowest BCUT2D eigenvalue weighted by Crippen LogP contribution is -2.39. The fourth-order valence-corrected chi connectivity index (χ4v) is 8.79. The number of methoxy groups -OCH3 is 1. The number of nitrogens with zero attached hydrogens (tertiary/aromatic N) is 2. The molecule has 2 heterocycles. The number of anilines is 1. The summed E-state index contributed by atoms with van der Waals surface area (Å²) in [5.41, 5.74) is 4.06. The standard InChI is InChI=1S/C36H43N3O5S2/c1-25(2)23-38(4)24-27-13-14-31-32(15-16-44-34(31)20-27)37-35(40)22-33(28-10-7-6-8-11-28)39(46(41,42)36-12-9-17-45-36)29-18-26(3)19-30(21-29)43-5/h6-14,17-21,25,32-33H,15-16,22-24H2,1-5H3,(H,37,40). The lowest BCUT2D eigenvalue weighted by Gasteiger charge is -2.34. The Labute approximate surface area is 277 Å². The van der Waals surface area contributed by atoms with E-state index in [0.29, 0.717) is 35.9 Å². The van der Waals surface area contributed by atoms with E-state index in [2.05, 4.69) is 43.2 Å². The number of benzene rings is 3. The molecule has 0 bridgehead atoms. The topological polar surface area (TPSA) is 88.2 Å². The van der Waals surface area contributed by atoms with Crippen molar-refractivity contribution in [3.8, 4) is 11.5 Å². The van der Waals surface area contributed by atoms with Crippen LogP contribution in [0.3, 0.4) is 0 Å². The minimum atomic E-state index is -4.06. The summed E-state index contributed by atoms with van der Waals surface area (Å²) >= 11 is 1.15. The van der Waals surface area contributed by atoms with Gasteiger partial charge in [-0.25, -0.2) is 8.42 Å². The molecule has 3 aromatic carbocycles. The predicted molar refractivity (Wildman–Crippen MR) is 184 cm³/mol. The quantitative estimate of drug-likeness (QED) is 0.164. The molecule has 4 aromatic rings. The first-order valence-electron chi connectivity index (χ1n) is 15.6. The van der Waals surface area contributed by atoms with Crippen LogP contribution in [-0.4, -0.2) is 46.5 Å². The van der Waals surface area contributed by atoms with Gasteiger partial charge >= 0.3 is 0 Å². The SMILES string of the molecule is COc1cc(C)cc(N(C(CC(=O)NC2CCOc3cc(CN(C)CC(C)C)ccc32)c2ccccc2)S(=O)(=O)c2cccs2)c1. The summed E-state index contributed by atoms with van der Waals surface area (Å²) in [5, 5.41) is 4.95. The van der Waals surface area contributed by atoms with E-state index in [4.69, 9.17) is 9.47 Å². The summed E-state index contributed by atoms with van der Waals surface area (Å²) in [5.74, 6) is 1.63. The molecule has 0 spiro atoms. The molecule has 10 heteroatoms. The Kier molecular flexibility index (Phi) is 10.7.